The highest BCUT2D eigenvalue weighted by Crippen LogP contribution is 2.28. The molecule has 0 bridgehead atoms. The predicted molar refractivity (Wildman–Crippen MR) is 146 cm³/mol. The van der Waals surface area contributed by atoms with Gasteiger partial charge in [-0.15, -0.1) is 0 Å². The molecule has 0 aliphatic heterocycles. The van der Waals surface area contributed by atoms with Gasteiger partial charge in [0.25, 0.3) is 5.91 Å². The Hall–Kier alpha value is -4.07. The first-order valence-corrected chi connectivity index (χ1v) is 12.9. The first kappa shape index (κ1) is 24.6. The van der Waals surface area contributed by atoms with Gasteiger partial charge in [-0.3, -0.25) is 20.2 Å². The van der Waals surface area contributed by atoms with Crippen LogP contribution in [0.4, 0.5) is 5.69 Å². The lowest BCUT2D eigenvalue weighted by Gasteiger charge is -2.30. The van der Waals surface area contributed by atoms with Gasteiger partial charge in [0.2, 0.25) is 0 Å². The summed E-state index contributed by atoms with van der Waals surface area (Å²) in [4.78, 5) is 26.4. The Morgan fingerprint density at radius 2 is 2.03 bits per heavy atom. The number of fused-ring (bicyclic) bond motifs is 1. The Kier molecular flexibility index (Phi) is 6.99. The monoisotopic (exact) mass is 495 g/mol. The third kappa shape index (κ3) is 5.23. The molecule has 37 heavy (non-hydrogen) atoms. The fourth-order valence-electron chi connectivity index (χ4n) is 5.39. The van der Waals surface area contributed by atoms with E-state index in [1.807, 2.05) is 31.5 Å². The number of carbonyl (C=O) groups is 1. The standard InChI is InChI=1S/C29H33N7O/c1-3-27-35-25-16-32-11-10-26(25)36(27)17-19-5-4-6-22(14-19)34-29(37)21-7-8-24(30)23(15-21)28(31)20-9-12-33-18(2)13-20/h7-13,15-16,19,22,31H,3-6,14,17,30H2,1-2H3,(H,34,37). The number of carbonyl (C=O) groups excluding carboxylic acids is 1. The number of amides is 1. The van der Waals surface area contributed by atoms with E-state index < -0.39 is 0 Å². The first-order valence-electron chi connectivity index (χ1n) is 12.9. The molecule has 8 heteroatoms. The lowest BCUT2D eigenvalue weighted by atomic mass is 9.85. The van der Waals surface area contributed by atoms with Crippen LogP contribution < -0.4 is 11.1 Å². The van der Waals surface area contributed by atoms with E-state index in [4.69, 9.17) is 16.1 Å². The number of imidazole rings is 1. The molecular weight excluding hydrogens is 462 g/mol. The quantitative estimate of drug-likeness (QED) is 0.254. The molecule has 0 radical (unpaired) electrons. The van der Waals surface area contributed by atoms with E-state index in [1.54, 1.807) is 30.5 Å². The normalized spacial score (nSPS) is 17.6. The maximum Gasteiger partial charge on any atom is 0.251 e. The minimum atomic E-state index is -0.126. The van der Waals surface area contributed by atoms with E-state index >= 15 is 0 Å². The third-order valence-corrected chi connectivity index (χ3v) is 7.27. The third-order valence-electron chi connectivity index (χ3n) is 7.27. The molecule has 1 fully saturated rings. The molecule has 4 aromatic rings. The number of rotatable bonds is 7. The molecule has 3 heterocycles. The molecule has 0 spiro atoms. The van der Waals surface area contributed by atoms with Gasteiger partial charge in [0.1, 0.15) is 11.3 Å². The van der Waals surface area contributed by atoms with E-state index in [9.17, 15) is 4.79 Å². The predicted octanol–water partition coefficient (Wildman–Crippen LogP) is 4.68. The minimum Gasteiger partial charge on any atom is -0.398 e. The van der Waals surface area contributed by atoms with Crippen LogP contribution in [0.15, 0.2) is 55.0 Å². The molecule has 1 amide bonds. The zero-order valence-corrected chi connectivity index (χ0v) is 21.4. The molecule has 1 saturated carbocycles. The number of benzene rings is 1. The highest BCUT2D eigenvalue weighted by Gasteiger charge is 2.25. The second-order valence-corrected chi connectivity index (χ2v) is 9.92. The molecular formula is C29H33N7O. The van der Waals surface area contributed by atoms with Crippen molar-refractivity contribution in [1.29, 1.82) is 5.41 Å². The molecule has 0 saturated heterocycles. The number of nitrogens with zero attached hydrogens (tertiary/aromatic N) is 4. The SMILES string of the molecule is CCc1nc2cnccc2n1CC1CCCC(NC(=O)c2ccc(N)c(C(=N)c3ccnc(C)c3)c2)C1. The summed E-state index contributed by atoms with van der Waals surface area (Å²) in [7, 11) is 0. The molecule has 190 valence electrons. The van der Waals surface area contributed by atoms with Gasteiger partial charge in [0.05, 0.1) is 17.4 Å². The first-order chi connectivity index (χ1) is 17.9. The van der Waals surface area contributed by atoms with Crippen LogP contribution in [0.25, 0.3) is 11.0 Å². The lowest BCUT2D eigenvalue weighted by molar-refractivity contribution is 0.0917. The Morgan fingerprint density at radius 1 is 1.16 bits per heavy atom. The number of aryl methyl sites for hydroxylation is 2. The number of nitrogen functional groups attached to an aromatic ring is 1. The summed E-state index contributed by atoms with van der Waals surface area (Å²) in [5.74, 6) is 1.41. The minimum absolute atomic E-state index is 0.107. The smallest absolute Gasteiger partial charge is 0.251 e. The van der Waals surface area contributed by atoms with E-state index in [2.05, 4.69) is 26.8 Å². The molecule has 1 aromatic carbocycles. The maximum atomic E-state index is 13.2. The number of nitrogens with one attached hydrogen (secondary N) is 2. The van der Waals surface area contributed by atoms with Crippen molar-refractivity contribution < 1.29 is 4.79 Å². The van der Waals surface area contributed by atoms with Crippen LogP contribution >= 0.6 is 0 Å². The van der Waals surface area contributed by atoms with Gasteiger partial charge < -0.3 is 15.6 Å². The highest BCUT2D eigenvalue weighted by molar-refractivity contribution is 6.14. The van der Waals surface area contributed by atoms with Gasteiger partial charge >= 0.3 is 0 Å². The Balaban J connectivity index is 1.29. The Morgan fingerprint density at radius 3 is 2.84 bits per heavy atom. The Labute approximate surface area is 216 Å². The lowest BCUT2D eigenvalue weighted by Crippen LogP contribution is -2.39. The van der Waals surface area contributed by atoms with Crippen molar-refractivity contribution >= 4 is 28.3 Å². The second kappa shape index (κ2) is 10.5. The van der Waals surface area contributed by atoms with Crippen LogP contribution in [0.1, 0.15) is 65.6 Å². The molecule has 1 aliphatic carbocycles. The van der Waals surface area contributed by atoms with Crippen molar-refractivity contribution in [3.05, 3.63) is 83.2 Å². The van der Waals surface area contributed by atoms with Crippen LogP contribution in [0.2, 0.25) is 0 Å². The van der Waals surface area contributed by atoms with E-state index in [1.165, 1.54) is 0 Å². The van der Waals surface area contributed by atoms with Crippen molar-refractivity contribution in [1.82, 2.24) is 24.8 Å². The van der Waals surface area contributed by atoms with Crippen molar-refractivity contribution in [3.63, 3.8) is 0 Å². The summed E-state index contributed by atoms with van der Waals surface area (Å²) in [5.41, 5.74) is 11.6. The van der Waals surface area contributed by atoms with Gasteiger partial charge in [0, 0.05) is 59.5 Å². The summed E-state index contributed by atoms with van der Waals surface area (Å²) in [6.45, 7) is 4.91. The van der Waals surface area contributed by atoms with Crippen LogP contribution in [-0.4, -0.2) is 37.2 Å². The fourth-order valence-corrected chi connectivity index (χ4v) is 5.39. The topological polar surface area (TPSA) is 123 Å². The average molecular weight is 496 g/mol. The van der Waals surface area contributed by atoms with Gasteiger partial charge in [-0.1, -0.05) is 13.3 Å². The zero-order valence-electron chi connectivity index (χ0n) is 21.4. The van der Waals surface area contributed by atoms with Crippen LogP contribution in [0.5, 0.6) is 0 Å². The average Bonchev–Trinajstić information content (AvgIpc) is 3.26. The summed E-state index contributed by atoms with van der Waals surface area (Å²) >= 11 is 0. The number of nitrogens with two attached hydrogens (primary N) is 1. The summed E-state index contributed by atoms with van der Waals surface area (Å²) in [6, 6.07) is 10.9. The van der Waals surface area contributed by atoms with Crippen LogP contribution in [-0.2, 0) is 13.0 Å². The molecule has 5 rings (SSSR count). The molecule has 8 nitrogen and oxygen atoms in total. The number of aromatic nitrogens is 4. The molecule has 3 aromatic heterocycles. The fraction of sp³-hybridized carbons (Fsp3) is 0.345. The van der Waals surface area contributed by atoms with Gasteiger partial charge in [-0.05, 0) is 68.5 Å². The number of hydrogen-bond donors (Lipinski definition) is 3. The highest BCUT2D eigenvalue weighted by atomic mass is 16.1. The second-order valence-electron chi connectivity index (χ2n) is 9.92. The molecule has 2 unspecified atom stereocenters. The van der Waals surface area contributed by atoms with Gasteiger partial charge in [-0.2, -0.15) is 0 Å². The van der Waals surface area contributed by atoms with Crippen LogP contribution in [0, 0.1) is 18.3 Å². The molecule has 4 N–H and O–H groups in total. The molecule has 1 aliphatic rings. The van der Waals surface area contributed by atoms with E-state index in [-0.39, 0.29) is 17.7 Å². The van der Waals surface area contributed by atoms with Crippen molar-refractivity contribution in [2.75, 3.05) is 5.73 Å². The number of pyridine rings is 2. The van der Waals surface area contributed by atoms with Crippen molar-refractivity contribution in [2.45, 2.75) is 58.5 Å². The zero-order chi connectivity index (χ0) is 25.9. The Bertz CT molecular complexity index is 1460. The van der Waals surface area contributed by atoms with E-state index in [0.717, 1.165) is 66.8 Å². The molecule has 2 atom stereocenters. The number of hydrogen-bond acceptors (Lipinski definition) is 6. The van der Waals surface area contributed by atoms with E-state index in [0.29, 0.717) is 22.7 Å². The van der Waals surface area contributed by atoms with Gasteiger partial charge in [-0.25, -0.2) is 4.98 Å². The summed E-state index contributed by atoms with van der Waals surface area (Å²) < 4.78 is 2.32. The largest absolute Gasteiger partial charge is 0.398 e. The number of anilines is 1. The van der Waals surface area contributed by atoms with Gasteiger partial charge in [0.15, 0.2) is 0 Å². The van der Waals surface area contributed by atoms with Crippen molar-refractivity contribution in [2.24, 2.45) is 5.92 Å². The maximum absolute atomic E-state index is 13.2. The summed E-state index contributed by atoms with van der Waals surface area (Å²) in [6.07, 6.45) is 10.3. The van der Waals surface area contributed by atoms with Crippen LogP contribution in [0.3, 0.4) is 0 Å². The van der Waals surface area contributed by atoms with Crippen molar-refractivity contribution in [3.8, 4) is 0 Å². The summed E-state index contributed by atoms with van der Waals surface area (Å²) in [5, 5.41) is 11.9.